The van der Waals surface area contributed by atoms with Gasteiger partial charge in [-0.1, -0.05) is 6.07 Å². The van der Waals surface area contributed by atoms with E-state index in [-0.39, 0.29) is 24.0 Å². The lowest BCUT2D eigenvalue weighted by molar-refractivity contribution is 0.311. The molecule has 0 bridgehead atoms. The van der Waals surface area contributed by atoms with Gasteiger partial charge in [0, 0.05) is 38.0 Å². The molecule has 3 aromatic rings. The van der Waals surface area contributed by atoms with Gasteiger partial charge in [-0.2, -0.15) is 0 Å². The molecule has 0 saturated carbocycles. The third-order valence-corrected chi connectivity index (χ3v) is 4.20. The van der Waals surface area contributed by atoms with E-state index in [0.717, 1.165) is 36.5 Å². The summed E-state index contributed by atoms with van der Waals surface area (Å²) in [4.78, 5) is 4.28. The number of methoxy groups -OCH3 is 1. The first-order valence-electron chi connectivity index (χ1n) is 9.32. The van der Waals surface area contributed by atoms with E-state index >= 15 is 0 Å². The Hall–Kier alpha value is -2.56. The van der Waals surface area contributed by atoms with E-state index in [9.17, 15) is 0 Å². The maximum Gasteiger partial charge on any atom is 0.195 e. The standard InChI is InChI=1S/C20H26N6O2.HI/c1-4-28-17-14-15(10-11-16(17)27-3)23-20(21-2)22-12-7-9-19-25-24-18-8-5-6-13-26(18)19;/h5-6,8,10-11,13-14H,4,7,9,12H2,1-3H3,(H2,21,22,23);1H. The van der Waals surface area contributed by atoms with Crippen LogP contribution in [0.3, 0.4) is 0 Å². The third kappa shape index (κ3) is 5.96. The average molecular weight is 510 g/mol. The molecule has 0 aliphatic carbocycles. The number of benzene rings is 1. The van der Waals surface area contributed by atoms with Crippen LogP contribution in [0.1, 0.15) is 19.2 Å². The van der Waals surface area contributed by atoms with Crippen LogP contribution in [0.25, 0.3) is 5.65 Å². The van der Waals surface area contributed by atoms with Crippen LogP contribution in [0.15, 0.2) is 47.6 Å². The number of hydrogen-bond donors (Lipinski definition) is 2. The molecule has 2 aromatic heterocycles. The molecule has 0 spiro atoms. The third-order valence-electron chi connectivity index (χ3n) is 4.20. The minimum atomic E-state index is 0. The zero-order valence-electron chi connectivity index (χ0n) is 16.9. The Kier molecular flexibility index (Phi) is 8.97. The number of rotatable bonds is 8. The zero-order chi connectivity index (χ0) is 19.8. The Labute approximate surface area is 187 Å². The number of halogens is 1. The Morgan fingerprint density at radius 3 is 2.79 bits per heavy atom. The first-order chi connectivity index (χ1) is 13.7. The maximum absolute atomic E-state index is 5.62. The summed E-state index contributed by atoms with van der Waals surface area (Å²) in [6, 6.07) is 11.6. The van der Waals surface area contributed by atoms with E-state index in [0.29, 0.717) is 24.1 Å². The lowest BCUT2D eigenvalue weighted by atomic mass is 10.2. The van der Waals surface area contributed by atoms with Gasteiger partial charge in [0.25, 0.3) is 0 Å². The minimum absolute atomic E-state index is 0. The van der Waals surface area contributed by atoms with Gasteiger partial charge in [-0.15, -0.1) is 34.2 Å². The molecule has 29 heavy (non-hydrogen) atoms. The topological polar surface area (TPSA) is 85.1 Å². The summed E-state index contributed by atoms with van der Waals surface area (Å²) in [6.07, 6.45) is 3.72. The predicted octanol–water partition coefficient (Wildman–Crippen LogP) is 3.37. The highest BCUT2D eigenvalue weighted by Crippen LogP contribution is 2.30. The van der Waals surface area contributed by atoms with E-state index in [1.165, 1.54) is 0 Å². The molecule has 1 aromatic carbocycles. The monoisotopic (exact) mass is 510 g/mol. The maximum atomic E-state index is 5.62. The number of aromatic nitrogens is 3. The number of anilines is 1. The highest BCUT2D eigenvalue weighted by atomic mass is 127. The number of nitrogens with zero attached hydrogens (tertiary/aromatic N) is 4. The molecule has 0 fully saturated rings. The second kappa shape index (κ2) is 11.4. The van der Waals surface area contributed by atoms with Crippen molar-refractivity contribution in [1.82, 2.24) is 19.9 Å². The van der Waals surface area contributed by atoms with Gasteiger partial charge in [-0.05, 0) is 37.6 Å². The van der Waals surface area contributed by atoms with Crippen LogP contribution < -0.4 is 20.1 Å². The fourth-order valence-corrected chi connectivity index (χ4v) is 2.85. The van der Waals surface area contributed by atoms with Crippen LogP contribution in [0, 0.1) is 0 Å². The number of guanidine groups is 1. The molecule has 156 valence electrons. The quantitative estimate of drug-likeness (QED) is 0.209. The van der Waals surface area contributed by atoms with Crippen LogP contribution >= 0.6 is 24.0 Å². The summed E-state index contributed by atoms with van der Waals surface area (Å²) in [5, 5.41) is 15.0. The number of aliphatic imine (C=N–C) groups is 1. The number of nitrogens with one attached hydrogen (secondary N) is 2. The molecule has 0 amide bonds. The number of ether oxygens (including phenoxy) is 2. The highest BCUT2D eigenvalue weighted by Gasteiger charge is 2.08. The van der Waals surface area contributed by atoms with Gasteiger partial charge in [0.05, 0.1) is 13.7 Å². The molecule has 0 unspecified atom stereocenters. The Morgan fingerprint density at radius 2 is 2.03 bits per heavy atom. The predicted molar refractivity (Wildman–Crippen MR) is 126 cm³/mol. The molecular weight excluding hydrogens is 483 g/mol. The molecule has 0 saturated heterocycles. The van der Waals surface area contributed by atoms with Crippen LogP contribution in [0.5, 0.6) is 11.5 Å². The fraction of sp³-hybridized carbons (Fsp3) is 0.350. The highest BCUT2D eigenvalue weighted by molar-refractivity contribution is 14.0. The lowest BCUT2D eigenvalue weighted by Gasteiger charge is -2.14. The number of pyridine rings is 1. The van der Waals surface area contributed by atoms with E-state index in [1.807, 2.05) is 53.9 Å². The van der Waals surface area contributed by atoms with Crippen molar-refractivity contribution in [2.75, 3.05) is 32.6 Å². The summed E-state index contributed by atoms with van der Waals surface area (Å²) in [5.74, 6) is 3.05. The van der Waals surface area contributed by atoms with Crippen LogP contribution in [0.4, 0.5) is 5.69 Å². The van der Waals surface area contributed by atoms with Gasteiger partial charge >= 0.3 is 0 Å². The van der Waals surface area contributed by atoms with Crippen LogP contribution in [0.2, 0.25) is 0 Å². The van der Waals surface area contributed by atoms with Crippen molar-refractivity contribution in [2.24, 2.45) is 4.99 Å². The second-order valence-corrected chi connectivity index (χ2v) is 6.07. The van der Waals surface area contributed by atoms with Crippen molar-refractivity contribution < 1.29 is 9.47 Å². The molecule has 2 heterocycles. The fourth-order valence-electron chi connectivity index (χ4n) is 2.85. The molecule has 2 N–H and O–H groups in total. The summed E-state index contributed by atoms with van der Waals surface area (Å²) < 4.78 is 12.9. The molecule has 0 radical (unpaired) electrons. The summed E-state index contributed by atoms with van der Waals surface area (Å²) in [7, 11) is 3.37. The lowest BCUT2D eigenvalue weighted by Crippen LogP contribution is -2.31. The zero-order valence-corrected chi connectivity index (χ0v) is 19.2. The first kappa shape index (κ1) is 22.7. The molecule has 9 heteroatoms. The molecule has 0 atom stereocenters. The van der Waals surface area contributed by atoms with Crippen molar-refractivity contribution in [1.29, 1.82) is 0 Å². The van der Waals surface area contributed by atoms with E-state index in [1.54, 1.807) is 14.2 Å². The largest absolute Gasteiger partial charge is 0.493 e. The van der Waals surface area contributed by atoms with Crippen molar-refractivity contribution in [3.63, 3.8) is 0 Å². The van der Waals surface area contributed by atoms with Crippen LogP contribution in [-0.2, 0) is 6.42 Å². The second-order valence-electron chi connectivity index (χ2n) is 6.07. The van der Waals surface area contributed by atoms with E-state index in [4.69, 9.17) is 9.47 Å². The molecule has 8 nitrogen and oxygen atoms in total. The Balaban J connectivity index is 0.00000300. The van der Waals surface area contributed by atoms with E-state index < -0.39 is 0 Å². The first-order valence-corrected chi connectivity index (χ1v) is 9.32. The van der Waals surface area contributed by atoms with E-state index in [2.05, 4.69) is 25.8 Å². The van der Waals surface area contributed by atoms with Gasteiger partial charge in [-0.3, -0.25) is 9.39 Å². The van der Waals surface area contributed by atoms with Crippen molar-refractivity contribution >= 4 is 41.3 Å². The van der Waals surface area contributed by atoms with Crippen LogP contribution in [-0.4, -0.2) is 47.9 Å². The number of hydrogen-bond acceptors (Lipinski definition) is 5. The van der Waals surface area contributed by atoms with Gasteiger partial charge < -0.3 is 20.1 Å². The molecule has 3 rings (SSSR count). The van der Waals surface area contributed by atoms with Gasteiger partial charge in [-0.25, -0.2) is 0 Å². The Bertz CT molecular complexity index is 944. The SMILES string of the molecule is CCOc1cc(NC(=NC)NCCCc2nnc3ccccn23)ccc1OC.I. The molecule has 0 aliphatic rings. The summed E-state index contributed by atoms with van der Waals surface area (Å²) in [5.41, 5.74) is 1.74. The average Bonchev–Trinajstić information content (AvgIpc) is 3.14. The van der Waals surface area contributed by atoms with Crippen molar-refractivity contribution in [2.45, 2.75) is 19.8 Å². The number of aryl methyl sites for hydroxylation is 1. The smallest absolute Gasteiger partial charge is 0.195 e. The van der Waals surface area contributed by atoms with Gasteiger partial charge in [0.1, 0.15) is 5.82 Å². The molecular formula is C20H27IN6O2. The van der Waals surface area contributed by atoms with Gasteiger partial charge in [0.2, 0.25) is 0 Å². The van der Waals surface area contributed by atoms with Crippen molar-refractivity contribution in [3.8, 4) is 11.5 Å². The molecule has 0 aliphatic heterocycles. The summed E-state index contributed by atoms with van der Waals surface area (Å²) >= 11 is 0. The normalized spacial score (nSPS) is 11.1. The van der Waals surface area contributed by atoms with Gasteiger partial charge in [0.15, 0.2) is 23.1 Å². The van der Waals surface area contributed by atoms with Crippen molar-refractivity contribution in [3.05, 3.63) is 48.4 Å². The Morgan fingerprint density at radius 1 is 1.17 bits per heavy atom. The minimum Gasteiger partial charge on any atom is -0.493 e. The summed E-state index contributed by atoms with van der Waals surface area (Å²) in [6.45, 7) is 3.28. The number of fused-ring (bicyclic) bond motifs is 1.